The first kappa shape index (κ1) is 19.1. The normalized spacial score (nSPS) is 20.6. The first-order chi connectivity index (χ1) is 14.5. The third-order valence-electron chi connectivity index (χ3n) is 5.95. The van der Waals surface area contributed by atoms with Gasteiger partial charge in [-0.1, -0.05) is 12.1 Å². The van der Waals surface area contributed by atoms with Crippen molar-refractivity contribution in [2.75, 3.05) is 31.1 Å². The molecule has 0 saturated carbocycles. The number of aromatic nitrogens is 3. The number of hydrogen-bond acceptors (Lipinski definition) is 6. The lowest BCUT2D eigenvalue weighted by atomic mass is 10.0. The average molecular weight is 424 g/mol. The molecule has 8 heteroatoms. The zero-order valence-corrected chi connectivity index (χ0v) is 17.7. The third-order valence-corrected chi connectivity index (χ3v) is 6.76. The Morgan fingerprint density at radius 1 is 1.10 bits per heavy atom. The highest BCUT2D eigenvalue weighted by atomic mass is 32.1. The number of hydrogen-bond donors (Lipinski definition) is 0. The molecule has 5 rings (SSSR count). The number of amides is 1. The SMILES string of the molecule is Cc1cc(C)nc(N2CC3CN(C(=O)c4c(F)cccc4-c4cncs4)CC3C2)n1. The fourth-order valence-electron chi connectivity index (χ4n) is 4.62. The van der Waals surface area contributed by atoms with Gasteiger partial charge in [0, 0.05) is 61.2 Å². The first-order valence-corrected chi connectivity index (χ1v) is 10.9. The largest absolute Gasteiger partial charge is 0.340 e. The van der Waals surface area contributed by atoms with E-state index in [-0.39, 0.29) is 11.5 Å². The van der Waals surface area contributed by atoms with E-state index in [0.717, 1.165) is 35.3 Å². The summed E-state index contributed by atoms with van der Waals surface area (Å²) in [5.74, 6) is 0.740. The van der Waals surface area contributed by atoms with Gasteiger partial charge in [0.25, 0.3) is 5.91 Å². The summed E-state index contributed by atoms with van der Waals surface area (Å²) >= 11 is 1.41. The Balaban J connectivity index is 1.35. The van der Waals surface area contributed by atoms with Gasteiger partial charge in [-0.15, -0.1) is 11.3 Å². The molecule has 4 heterocycles. The van der Waals surface area contributed by atoms with E-state index in [9.17, 15) is 9.18 Å². The van der Waals surface area contributed by atoms with E-state index in [2.05, 4.69) is 19.9 Å². The standard InChI is InChI=1S/C22H22FN5OS/c1-13-6-14(2)26-22(25-13)28-10-15-8-27(9-16(15)11-28)21(29)20-17(4-3-5-18(20)23)19-7-24-12-30-19/h3-7,12,15-16H,8-11H2,1-2H3. The Kier molecular flexibility index (Phi) is 4.73. The van der Waals surface area contributed by atoms with E-state index >= 15 is 0 Å². The molecule has 2 saturated heterocycles. The van der Waals surface area contributed by atoms with Gasteiger partial charge in [-0.3, -0.25) is 9.78 Å². The minimum absolute atomic E-state index is 0.149. The van der Waals surface area contributed by atoms with Gasteiger partial charge in [0.2, 0.25) is 5.95 Å². The number of likely N-dealkylation sites (tertiary alicyclic amines) is 1. The number of carbonyl (C=O) groups is 1. The number of carbonyl (C=O) groups excluding carboxylic acids is 1. The van der Waals surface area contributed by atoms with Gasteiger partial charge in [0.1, 0.15) is 5.82 Å². The second-order valence-electron chi connectivity index (χ2n) is 8.11. The zero-order chi connectivity index (χ0) is 20.8. The van der Waals surface area contributed by atoms with Gasteiger partial charge in [-0.2, -0.15) is 0 Å². The molecule has 6 nitrogen and oxygen atoms in total. The topological polar surface area (TPSA) is 62.2 Å². The Labute approximate surface area is 178 Å². The van der Waals surface area contributed by atoms with Crippen LogP contribution in [0, 0.1) is 31.5 Å². The van der Waals surface area contributed by atoms with E-state index in [4.69, 9.17) is 0 Å². The number of aryl methyl sites for hydroxylation is 2. The summed E-state index contributed by atoms with van der Waals surface area (Å²) in [6.07, 6.45) is 1.68. The lowest BCUT2D eigenvalue weighted by Crippen LogP contribution is -2.34. The molecular weight excluding hydrogens is 401 g/mol. The molecular formula is C22H22FN5OS. The maximum absolute atomic E-state index is 14.7. The molecule has 2 unspecified atom stereocenters. The molecule has 2 fully saturated rings. The average Bonchev–Trinajstić information content (AvgIpc) is 3.43. The quantitative estimate of drug-likeness (QED) is 0.645. The molecule has 2 aromatic heterocycles. The van der Waals surface area contributed by atoms with Crippen molar-refractivity contribution in [3.05, 3.63) is 58.7 Å². The van der Waals surface area contributed by atoms with Crippen molar-refractivity contribution >= 4 is 23.2 Å². The minimum atomic E-state index is -0.478. The molecule has 154 valence electrons. The van der Waals surface area contributed by atoms with Crippen molar-refractivity contribution in [2.24, 2.45) is 11.8 Å². The van der Waals surface area contributed by atoms with Gasteiger partial charge in [0.05, 0.1) is 16.0 Å². The predicted octanol–water partition coefficient (Wildman–Crippen LogP) is 3.56. The summed E-state index contributed by atoms with van der Waals surface area (Å²) in [5, 5.41) is 0. The van der Waals surface area contributed by atoms with Crippen molar-refractivity contribution in [1.29, 1.82) is 0 Å². The number of fused-ring (bicyclic) bond motifs is 1. The minimum Gasteiger partial charge on any atom is -0.340 e. The van der Waals surface area contributed by atoms with Gasteiger partial charge in [0.15, 0.2) is 0 Å². The smallest absolute Gasteiger partial charge is 0.257 e. The predicted molar refractivity (Wildman–Crippen MR) is 114 cm³/mol. The van der Waals surface area contributed by atoms with Crippen LogP contribution < -0.4 is 4.90 Å². The molecule has 1 aromatic carbocycles. The fraction of sp³-hybridized carbons (Fsp3) is 0.364. The number of anilines is 1. The van der Waals surface area contributed by atoms with Crippen LogP contribution in [0.2, 0.25) is 0 Å². The van der Waals surface area contributed by atoms with E-state index < -0.39 is 5.82 Å². The molecule has 0 aliphatic carbocycles. The Hall–Kier alpha value is -2.87. The molecule has 0 bridgehead atoms. The molecule has 0 spiro atoms. The second kappa shape index (κ2) is 7.43. The first-order valence-electron chi connectivity index (χ1n) is 10.0. The van der Waals surface area contributed by atoms with Crippen LogP contribution in [0.4, 0.5) is 10.3 Å². The molecule has 30 heavy (non-hydrogen) atoms. The summed E-state index contributed by atoms with van der Waals surface area (Å²) in [6.45, 7) is 6.84. The van der Waals surface area contributed by atoms with Crippen LogP contribution in [0.25, 0.3) is 10.4 Å². The number of halogens is 1. The van der Waals surface area contributed by atoms with Crippen LogP contribution in [0.15, 0.2) is 36.0 Å². The fourth-order valence-corrected chi connectivity index (χ4v) is 5.28. The summed E-state index contributed by atoms with van der Waals surface area (Å²) < 4.78 is 14.7. The molecule has 2 aliphatic rings. The molecule has 0 radical (unpaired) electrons. The van der Waals surface area contributed by atoms with Crippen molar-refractivity contribution in [2.45, 2.75) is 13.8 Å². The number of rotatable bonds is 3. The summed E-state index contributed by atoms with van der Waals surface area (Å²) in [5.41, 5.74) is 4.38. The summed E-state index contributed by atoms with van der Waals surface area (Å²) in [6, 6.07) is 6.76. The molecule has 1 amide bonds. The lowest BCUT2D eigenvalue weighted by molar-refractivity contribution is 0.0779. The van der Waals surface area contributed by atoms with Gasteiger partial charge >= 0.3 is 0 Å². The molecule has 3 aromatic rings. The maximum atomic E-state index is 14.7. The van der Waals surface area contributed by atoms with Crippen LogP contribution in [0.5, 0.6) is 0 Å². The number of nitrogens with zero attached hydrogens (tertiary/aromatic N) is 5. The van der Waals surface area contributed by atoms with E-state index in [1.54, 1.807) is 28.7 Å². The van der Waals surface area contributed by atoms with Gasteiger partial charge in [-0.05, 0) is 26.0 Å². The van der Waals surface area contributed by atoms with Crippen molar-refractivity contribution in [3.8, 4) is 10.4 Å². The van der Waals surface area contributed by atoms with Crippen molar-refractivity contribution in [1.82, 2.24) is 19.9 Å². The summed E-state index contributed by atoms with van der Waals surface area (Å²) in [7, 11) is 0. The van der Waals surface area contributed by atoms with Gasteiger partial charge in [-0.25, -0.2) is 14.4 Å². The van der Waals surface area contributed by atoms with E-state index in [0.29, 0.717) is 30.5 Å². The second-order valence-corrected chi connectivity index (χ2v) is 9.00. The van der Waals surface area contributed by atoms with Gasteiger partial charge < -0.3 is 9.80 Å². The number of benzene rings is 1. The lowest BCUT2D eigenvalue weighted by Gasteiger charge is -2.23. The van der Waals surface area contributed by atoms with Crippen LogP contribution in [0.1, 0.15) is 21.7 Å². The van der Waals surface area contributed by atoms with Crippen molar-refractivity contribution < 1.29 is 9.18 Å². The zero-order valence-electron chi connectivity index (χ0n) is 16.9. The van der Waals surface area contributed by atoms with Crippen LogP contribution >= 0.6 is 11.3 Å². The number of thiazole rings is 1. The Bertz CT molecular complexity index is 1070. The highest BCUT2D eigenvalue weighted by molar-refractivity contribution is 7.13. The van der Waals surface area contributed by atoms with Crippen molar-refractivity contribution in [3.63, 3.8) is 0 Å². The third kappa shape index (κ3) is 3.35. The molecule has 2 aliphatic heterocycles. The molecule has 0 N–H and O–H groups in total. The van der Waals surface area contributed by atoms with Crippen LogP contribution in [0.3, 0.4) is 0 Å². The summed E-state index contributed by atoms with van der Waals surface area (Å²) in [4.78, 5) is 31.3. The van der Waals surface area contributed by atoms with E-state index in [1.165, 1.54) is 17.4 Å². The van der Waals surface area contributed by atoms with Crippen LogP contribution in [-0.4, -0.2) is 51.9 Å². The van der Waals surface area contributed by atoms with Crippen LogP contribution in [-0.2, 0) is 0 Å². The van der Waals surface area contributed by atoms with E-state index in [1.807, 2.05) is 19.9 Å². The molecule has 2 atom stereocenters. The highest BCUT2D eigenvalue weighted by Crippen LogP contribution is 2.36. The maximum Gasteiger partial charge on any atom is 0.257 e. The monoisotopic (exact) mass is 423 g/mol. The Morgan fingerprint density at radius 3 is 2.43 bits per heavy atom. The highest BCUT2D eigenvalue weighted by Gasteiger charge is 2.43. The Morgan fingerprint density at radius 2 is 1.80 bits per heavy atom.